The van der Waals surface area contributed by atoms with E-state index in [0.29, 0.717) is 14.8 Å². The third-order valence-electron chi connectivity index (χ3n) is 2.35. The third kappa shape index (κ3) is 2.31. The number of carbonyl (C=O) groups is 1. The maximum atomic E-state index is 11.8. The van der Waals surface area contributed by atoms with Crippen LogP contribution in [0.25, 0.3) is 6.08 Å². The molecule has 1 fully saturated rings. The zero-order chi connectivity index (χ0) is 13.4. The van der Waals surface area contributed by atoms with Gasteiger partial charge in [-0.05, 0) is 23.8 Å². The first-order valence-corrected chi connectivity index (χ1v) is 6.43. The largest absolute Gasteiger partial charge is 0.504 e. The summed E-state index contributed by atoms with van der Waals surface area (Å²) >= 11 is 11.9. The normalized spacial score (nSPS) is 17.9. The van der Waals surface area contributed by atoms with E-state index in [1.165, 1.54) is 28.8 Å². The minimum absolute atomic E-state index is 0.0215. The molecule has 7 heteroatoms. The first-order valence-electron chi connectivity index (χ1n) is 4.83. The molecule has 94 valence electrons. The van der Waals surface area contributed by atoms with Crippen LogP contribution in [0, 0.1) is 0 Å². The predicted molar refractivity (Wildman–Crippen MR) is 75.7 cm³/mol. The Morgan fingerprint density at radius 3 is 2.61 bits per heavy atom. The molecule has 1 aliphatic heterocycles. The Hall–Kier alpha value is -1.24. The van der Waals surface area contributed by atoms with Crippen molar-refractivity contribution in [2.75, 3.05) is 7.05 Å². The molecule has 1 aliphatic rings. The highest BCUT2D eigenvalue weighted by Crippen LogP contribution is 2.37. The molecule has 18 heavy (non-hydrogen) atoms. The van der Waals surface area contributed by atoms with Gasteiger partial charge in [-0.25, -0.2) is 0 Å². The Balaban J connectivity index is 2.40. The van der Waals surface area contributed by atoms with Gasteiger partial charge >= 0.3 is 0 Å². The number of nitrogens with zero attached hydrogens (tertiary/aromatic N) is 1. The number of rotatable bonds is 1. The van der Waals surface area contributed by atoms with Gasteiger partial charge < -0.3 is 10.2 Å². The van der Waals surface area contributed by atoms with E-state index in [9.17, 15) is 15.0 Å². The number of thioether (sulfide) groups is 1. The Bertz CT molecular complexity index is 563. The second-order valence-electron chi connectivity index (χ2n) is 3.61. The molecule has 0 bridgehead atoms. The van der Waals surface area contributed by atoms with Crippen molar-refractivity contribution < 1.29 is 15.0 Å². The number of likely N-dealkylation sites (N-methyl/N-ethyl adjacent to an activating group) is 1. The summed E-state index contributed by atoms with van der Waals surface area (Å²) in [5, 5.41) is 18.8. The topological polar surface area (TPSA) is 60.8 Å². The molecule has 2 N–H and O–H groups in total. The highest BCUT2D eigenvalue weighted by molar-refractivity contribution is 8.26. The lowest BCUT2D eigenvalue weighted by molar-refractivity contribution is -0.121. The van der Waals surface area contributed by atoms with E-state index in [-0.39, 0.29) is 22.4 Å². The van der Waals surface area contributed by atoms with Gasteiger partial charge in [0.1, 0.15) is 4.32 Å². The maximum Gasteiger partial charge on any atom is 0.265 e. The summed E-state index contributed by atoms with van der Waals surface area (Å²) in [5.74, 6) is -0.911. The average Bonchev–Trinajstić information content (AvgIpc) is 2.54. The minimum Gasteiger partial charge on any atom is -0.504 e. The summed E-state index contributed by atoms with van der Waals surface area (Å²) in [6, 6.07) is 2.78. The number of hydrogen-bond acceptors (Lipinski definition) is 5. The van der Waals surface area contributed by atoms with E-state index >= 15 is 0 Å². The van der Waals surface area contributed by atoms with Gasteiger partial charge in [0, 0.05) is 7.05 Å². The van der Waals surface area contributed by atoms with Crippen LogP contribution in [0.3, 0.4) is 0 Å². The number of thiocarbonyl (C=S) groups is 1. The van der Waals surface area contributed by atoms with Crippen LogP contribution in [0.2, 0.25) is 5.02 Å². The van der Waals surface area contributed by atoms with Crippen LogP contribution in [-0.4, -0.2) is 32.4 Å². The lowest BCUT2D eigenvalue weighted by atomic mass is 10.2. The Kier molecular flexibility index (Phi) is 3.52. The molecule has 1 heterocycles. The Morgan fingerprint density at radius 1 is 1.44 bits per heavy atom. The number of hydrogen-bond donors (Lipinski definition) is 2. The molecule has 1 aromatic carbocycles. The van der Waals surface area contributed by atoms with Crippen molar-refractivity contribution >= 4 is 51.9 Å². The van der Waals surface area contributed by atoms with Gasteiger partial charge in [0.15, 0.2) is 11.5 Å². The maximum absolute atomic E-state index is 11.8. The van der Waals surface area contributed by atoms with E-state index < -0.39 is 0 Å². The second-order valence-corrected chi connectivity index (χ2v) is 5.69. The molecule has 0 aliphatic carbocycles. The number of aromatic hydroxyl groups is 2. The molecule has 0 spiro atoms. The molecule has 4 nitrogen and oxygen atoms in total. The average molecular weight is 302 g/mol. The van der Waals surface area contributed by atoms with Gasteiger partial charge in [0.05, 0.1) is 9.93 Å². The first kappa shape index (κ1) is 13.2. The predicted octanol–water partition coefficient (Wildman–Crippen LogP) is 2.58. The van der Waals surface area contributed by atoms with Gasteiger partial charge in [-0.1, -0.05) is 35.6 Å². The van der Waals surface area contributed by atoms with Gasteiger partial charge in [0.25, 0.3) is 5.91 Å². The molecule has 0 unspecified atom stereocenters. The minimum atomic E-state index is -0.378. The number of carbonyl (C=O) groups excluding carboxylic acids is 1. The summed E-state index contributed by atoms with van der Waals surface area (Å²) in [4.78, 5) is 13.6. The van der Waals surface area contributed by atoms with Crippen LogP contribution in [-0.2, 0) is 4.79 Å². The summed E-state index contributed by atoms with van der Waals surface area (Å²) in [5.41, 5.74) is 0.518. The first-order chi connectivity index (χ1) is 8.40. The van der Waals surface area contributed by atoms with E-state index in [0.717, 1.165) is 0 Å². The van der Waals surface area contributed by atoms with Crippen molar-refractivity contribution in [2.45, 2.75) is 0 Å². The number of amides is 1. The van der Waals surface area contributed by atoms with Gasteiger partial charge in [-0.2, -0.15) is 0 Å². The summed E-state index contributed by atoms with van der Waals surface area (Å²) in [7, 11) is 1.60. The smallest absolute Gasteiger partial charge is 0.265 e. The van der Waals surface area contributed by atoms with Gasteiger partial charge in [-0.15, -0.1) is 0 Å². The summed E-state index contributed by atoms with van der Waals surface area (Å²) in [6.07, 6.45) is 1.56. The number of phenols is 2. The quantitative estimate of drug-likeness (QED) is 0.474. The van der Waals surface area contributed by atoms with Gasteiger partial charge in [-0.3, -0.25) is 9.69 Å². The lowest BCUT2D eigenvalue weighted by Gasteiger charge is -2.04. The fourth-order valence-corrected chi connectivity index (χ4v) is 2.79. The molecule has 2 rings (SSSR count). The van der Waals surface area contributed by atoms with Crippen LogP contribution >= 0.6 is 35.6 Å². The summed E-state index contributed by atoms with van der Waals surface area (Å²) < 4.78 is 0.473. The molecule has 1 aromatic rings. The second kappa shape index (κ2) is 4.79. The van der Waals surface area contributed by atoms with Crippen molar-refractivity contribution in [1.82, 2.24) is 4.90 Å². The number of phenolic OH excluding ortho intramolecular Hbond substituents is 2. The Morgan fingerprint density at radius 2 is 2.11 bits per heavy atom. The zero-order valence-corrected chi connectivity index (χ0v) is 11.6. The highest BCUT2D eigenvalue weighted by Gasteiger charge is 2.28. The number of halogens is 1. The van der Waals surface area contributed by atoms with Crippen molar-refractivity contribution in [3.63, 3.8) is 0 Å². The van der Waals surface area contributed by atoms with Crippen LogP contribution in [0.1, 0.15) is 5.56 Å². The van der Waals surface area contributed by atoms with Crippen LogP contribution < -0.4 is 0 Å². The fraction of sp³-hybridized carbons (Fsp3) is 0.0909. The third-order valence-corrected chi connectivity index (χ3v) is 4.12. The van der Waals surface area contributed by atoms with Crippen molar-refractivity contribution in [2.24, 2.45) is 0 Å². The van der Waals surface area contributed by atoms with E-state index in [1.54, 1.807) is 13.1 Å². The van der Waals surface area contributed by atoms with Crippen molar-refractivity contribution in [3.8, 4) is 11.5 Å². The standard InChI is InChI=1S/C11H8ClNO3S2/c1-13-10(16)8(18-11(13)17)4-5-2-6(12)9(15)7(14)3-5/h2-4,14-15H,1H3/b8-4-. The zero-order valence-electron chi connectivity index (χ0n) is 9.18. The molecule has 0 atom stereocenters. The highest BCUT2D eigenvalue weighted by atomic mass is 35.5. The monoisotopic (exact) mass is 301 g/mol. The van der Waals surface area contributed by atoms with E-state index in [4.69, 9.17) is 23.8 Å². The van der Waals surface area contributed by atoms with Crippen molar-refractivity contribution in [1.29, 1.82) is 0 Å². The van der Waals surface area contributed by atoms with Gasteiger partial charge in [0.2, 0.25) is 0 Å². The molecule has 0 saturated carbocycles. The molecule has 1 saturated heterocycles. The SMILES string of the molecule is CN1C(=O)/C(=C/c2cc(O)c(O)c(Cl)c2)SC1=S. The molecular weight excluding hydrogens is 294 g/mol. The van der Waals surface area contributed by atoms with E-state index in [2.05, 4.69) is 0 Å². The Labute approximate surface area is 118 Å². The molecule has 0 aromatic heterocycles. The molecular formula is C11H8ClNO3S2. The molecule has 1 amide bonds. The number of benzene rings is 1. The van der Waals surface area contributed by atoms with Crippen LogP contribution in [0.4, 0.5) is 0 Å². The fourth-order valence-electron chi connectivity index (χ4n) is 1.39. The molecule has 0 radical (unpaired) electrons. The van der Waals surface area contributed by atoms with Crippen molar-refractivity contribution in [3.05, 3.63) is 27.6 Å². The lowest BCUT2D eigenvalue weighted by Crippen LogP contribution is -2.22. The summed E-state index contributed by atoms with van der Waals surface area (Å²) in [6.45, 7) is 0. The van der Waals surface area contributed by atoms with Crippen LogP contribution in [0.15, 0.2) is 17.0 Å². The van der Waals surface area contributed by atoms with Crippen LogP contribution in [0.5, 0.6) is 11.5 Å². The van der Waals surface area contributed by atoms with E-state index in [1.807, 2.05) is 0 Å².